The van der Waals surface area contributed by atoms with E-state index in [4.69, 9.17) is 26.3 Å². The predicted molar refractivity (Wildman–Crippen MR) is 132 cm³/mol. The smallest absolute Gasteiger partial charge is 0.243 e. The molecule has 0 spiro atoms. The first-order valence-corrected chi connectivity index (χ1v) is 11.5. The second-order valence-electron chi connectivity index (χ2n) is 8.11. The van der Waals surface area contributed by atoms with Crippen molar-refractivity contribution in [2.45, 2.75) is 32.7 Å². The normalized spacial score (nSPS) is 11.2. The summed E-state index contributed by atoms with van der Waals surface area (Å²) in [5.41, 5.74) is 2.88. The summed E-state index contributed by atoms with van der Waals surface area (Å²) in [7, 11) is 1.56. The minimum atomic E-state index is -0.503. The number of fused-ring (bicyclic) bond motifs is 1. The molecule has 0 aliphatic rings. The molecule has 3 rings (SSSR count). The highest BCUT2D eigenvalue weighted by molar-refractivity contribution is 6.31. The van der Waals surface area contributed by atoms with Crippen molar-refractivity contribution < 1.29 is 23.9 Å². The van der Waals surface area contributed by atoms with Crippen LogP contribution >= 0.6 is 11.6 Å². The summed E-state index contributed by atoms with van der Waals surface area (Å²) >= 11 is 5.90. The lowest BCUT2D eigenvalue weighted by Crippen LogP contribution is -2.36. The highest BCUT2D eigenvalue weighted by Gasteiger charge is 2.15. The molecular formula is C24H29ClFN5O4. The van der Waals surface area contributed by atoms with Gasteiger partial charge in [0.15, 0.2) is 11.5 Å². The van der Waals surface area contributed by atoms with Crippen molar-refractivity contribution >= 4 is 39.9 Å². The molecule has 1 heterocycles. The van der Waals surface area contributed by atoms with Crippen LogP contribution in [0.2, 0.25) is 5.02 Å². The Morgan fingerprint density at radius 3 is 2.69 bits per heavy atom. The van der Waals surface area contributed by atoms with Crippen LogP contribution < -0.4 is 20.3 Å². The van der Waals surface area contributed by atoms with Gasteiger partial charge in [-0.2, -0.15) is 0 Å². The molecule has 0 unspecified atom stereocenters. The van der Waals surface area contributed by atoms with E-state index in [1.54, 1.807) is 30.8 Å². The van der Waals surface area contributed by atoms with Crippen molar-refractivity contribution in [2.75, 3.05) is 32.1 Å². The maximum absolute atomic E-state index is 13.5. The van der Waals surface area contributed by atoms with E-state index < -0.39 is 11.7 Å². The van der Waals surface area contributed by atoms with Crippen molar-refractivity contribution in [3.05, 3.63) is 47.5 Å². The predicted octanol–water partition coefficient (Wildman–Crippen LogP) is 4.55. The standard InChI is InChI=1S/C24H29ClFN5O4/c1-15(2)31(8-4-5-23(32)30-33)9-10-35-22-12-17-20(13-21(22)34-3)27-14-28-24(17)29-16-6-7-19(26)18(25)11-16/h6-7,11-15,33H,4-5,8-10H2,1-3H3,(H,30,32)(H,27,28,29). The lowest BCUT2D eigenvalue weighted by molar-refractivity contribution is -0.129. The third-order valence-corrected chi connectivity index (χ3v) is 5.73. The monoisotopic (exact) mass is 505 g/mol. The van der Waals surface area contributed by atoms with E-state index in [9.17, 15) is 9.18 Å². The zero-order chi connectivity index (χ0) is 25.4. The Morgan fingerprint density at radius 1 is 1.20 bits per heavy atom. The Hall–Kier alpha value is -3.21. The molecule has 3 aromatic rings. The van der Waals surface area contributed by atoms with Gasteiger partial charge in [-0.05, 0) is 51.1 Å². The Balaban J connectivity index is 1.75. The molecule has 1 aromatic heterocycles. The largest absolute Gasteiger partial charge is 0.493 e. The van der Waals surface area contributed by atoms with E-state index in [1.807, 2.05) is 0 Å². The quantitative estimate of drug-likeness (QED) is 0.243. The van der Waals surface area contributed by atoms with Crippen molar-refractivity contribution in [2.24, 2.45) is 0 Å². The minimum absolute atomic E-state index is 0.00532. The van der Waals surface area contributed by atoms with Gasteiger partial charge in [-0.3, -0.25) is 14.9 Å². The molecule has 9 nitrogen and oxygen atoms in total. The van der Waals surface area contributed by atoms with Gasteiger partial charge in [0.05, 0.1) is 17.6 Å². The number of aromatic nitrogens is 2. The lowest BCUT2D eigenvalue weighted by atomic mass is 10.2. The first kappa shape index (κ1) is 26.4. The summed E-state index contributed by atoms with van der Waals surface area (Å²) in [6, 6.07) is 8.15. The topological polar surface area (TPSA) is 109 Å². The van der Waals surface area contributed by atoms with Crippen molar-refractivity contribution in [1.82, 2.24) is 20.3 Å². The van der Waals surface area contributed by atoms with Gasteiger partial charge < -0.3 is 14.8 Å². The second kappa shape index (κ2) is 12.5. The number of nitrogens with one attached hydrogen (secondary N) is 2. The summed E-state index contributed by atoms with van der Waals surface area (Å²) in [5.74, 6) is 0.662. The molecule has 0 aliphatic heterocycles. The van der Waals surface area contributed by atoms with Crippen molar-refractivity contribution in [1.29, 1.82) is 0 Å². The van der Waals surface area contributed by atoms with Crippen LogP contribution in [0.15, 0.2) is 36.7 Å². The fraction of sp³-hybridized carbons (Fsp3) is 0.375. The number of rotatable bonds is 12. The molecular weight excluding hydrogens is 477 g/mol. The van der Waals surface area contributed by atoms with Crippen LogP contribution in [0.3, 0.4) is 0 Å². The van der Waals surface area contributed by atoms with E-state index in [-0.39, 0.29) is 17.5 Å². The number of ether oxygens (including phenoxy) is 2. The average Bonchev–Trinajstić information content (AvgIpc) is 2.84. The van der Waals surface area contributed by atoms with Gasteiger partial charge in [-0.1, -0.05) is 11.6 Å². The molecule has 0 bridgehead atoms. The number of methoxy groups -OCH3 is 1. The molecule has 0 saturated carbocycles. The molecule has 35 heavy (non-hydrogen) atoms. The van der Waals surface area contributed by atoms with Gasteiger partial charge in [-0.25, -0.2) is 19.8 Å². The van der Waals surface area contributed by atoms with Crippen LogP contribution in [0, 0.1) is 5.82 Å². The number of nitrogens with zero attached hydrogens (tertiary/aromatic N) is 3. The number of carbonyl (C=O) groups excluding carboxylic acids is 1. The fourth-order valence-corrected chi connectivity index (χ4v) is 3.73. The summed E-state index contributed by atoms with van der Waals surface area (Å²) < 4.78 is 25.1. The number of hydrogen-bond acceptors (Lipinski definition) is 8. The third kappa shape index (κ3) is 7.14. The van der Waals surface area contributed by atoms with Crippen LogP contribution in [-0.2, 0) is 4.79 Å². The first-order chi connectivity index (χ1) is 16.8. The molecule has 0 radical (unpaired) electrons. The zero-order valence-electron chi connectivity index (χ0n) is 19.8. The summed E-state index contributed by atoms with van der Waals surface area (Å²) in [6.45, 7) is 5.84. The molecule has 0 atom stereocenters. The van der Waals surface area contributed by atoms with Crippen LogP contribution in [0.4, 0.5) is 15.9 Å². The molecule has 3 N–H and O–H groups in total. The SMILES string of the molecule is COc1cc2ncnc(Nc3ccc(F)c(Cl)c3)c2cc1OCCN(CCCC(=O)NO)C(C)C. The number of benzene rings is 2. The number of anilines is 2. The zero-order valence-corrected chi connectivity index (χ0v) is 20.6. The Morgan fingerprint density at radius 2 is 2.00 bits per heavy atom. The molecule has 2 aromatic carbocycles. The third-order valence-electron chi connectivity index (χ3n) is 5.44. The van der Waals surface area contributed by atoms with E-state index in [0.717, 1.165) is 0 Å². The van der Waals surface area contributed by atoms with Gasteiger partial charge in [0.1, 0.15) is 24.6 Å². The Kier molecular flexibility index (Phi) is 9.41. The molecule has 188 valence electrons. The highest BCUT2D eigenvalue weighted by Crippen LogP contribution is 2.35. The Bertz CT molecular complexity index is 1160. The number of hydroxylamine groups is 1. The van der Waals surface area contributed by atoms with Gasteiger partial charge in [0.2, 0.25) is 5.91 Å². The van der Waals surface area contributed by atoms with Gasteiger partial charge >= 0.3 is 0 Å². The van der Waals surface area contributed by atoms with Gasteiger partial charge in [-0.15, -0.1) is 0 Å². The Labute approximate surface area is 208 Å². The lowest BCUT2D eigenvalue weighted by Gasteiger charge is -2.26. The van der Waals surface area contributed by atoms with E-state index >= 15 is 0 Å². The van der Waals surface area contributed by atoms with E-state index in [2.05, 4.69) is 34.0 Å². The number of halogens is 2. The molecule has 0 fully saturated rings. The average molecular weight is 506 g/mol. The van der Waals surface area contributed by atoms with Crippen LogP contribution in [-0.4, -0.2) is 58.8 Å². The molecule has 11 heteroatoms. The van der Waals surface area contributed by atoms with Crippen LogP contribution in [0.25, 0.3) is 10.9 Å². The number of hydrogen-bond donors (Lipinski definition) is 3. The minimum Gasteiger partial charge on any atom is -0.493 e. The van der Waals surface area contributed by atoms with E-state index in [1.165, 1.54) is 18.5 Å². The summed E-state index contributed by atoms with van der Waals surface area (Å²) in [5, 5.41) is 12.5. The summed E-state index contributed by atoms with van der Waals surface area (Å²) in [4.78, 5) is 22.1. The highest BCUT2D eigenvalue weighted by atomic mass is 35.5. The molecule has 0 aliphatic carbocycles. The molecule has 1 amide bonds. The maximum Gasteiger partial charge on any atom is 0.243 e. The second-order valence-corrected chi connectivity index (χ2v) is 8.52. The van der Waals surface area contributed by atoms with E-state index in [0.29, 0.717) is 60.0 Å². The fourth-order valence-electron chi connectivity index (χ4n) is 3.55. The summed E-state index contributed by atoms with van der Waals surface area (Å²) in [6.07, 6.45) is 2.28. The van der Waals surface area contributed by atoms with Crippen LogP contribution in [0.5, 0.6) is 11.5 Å². The maximum atomic E-state index is 13.5. The molecule has 0 saturated heterocycles. The number of amides is 1. The number of carbonyl (C=O) groups is 1. The first-order valence-electron chi connectivity index (χ1n) is 11.2. The van der Waals surface area contributed by atoms with Crippen molar-refractivity contribution in [3.8, 4) is 11.5 Å². The van der Waals surface area contributed by atoms with Gasteiger partial charge in [0.25, 0.3) is 0 Å². The van der Waals surface area contributed by atoms with Gasteiger partial charge in [0, 0.05) is 36.1 Å². The van der Waals surface area contributed by atoms with Crippen LogP contribution in [0.1, 0.15) is 26.7 Å². The van der Waals surface area contributed by atoms with Crippen molar-refractivity contribution in [3.63, 3.8) is 0 Å².